The van der Waals surface area contributed by atoms with Gasteiger partial charge in [-0.2, -0.15) is 0 Å². The minimum Gasteiger partial charge on any atom is -0.333 e. The van der Waals surface area contributed by atoms with Gasteiger partial charge in [-0.05, 0) is 45.1 Å². The average Bonchev–Trinajstić information content (AvgIpc) is 2.89. The van der Waals surface area contributed by atoms with Crippen LogP contribution in [0.25, 0.3) is 0 Å². The van der Waals surface area contributed by atoms with Crippen LogP contribution in [0, 0.1) is 11.3 Å². The molecule has 0 aromatic heterocycles. The lowest BCUT2D eigenvalue weighted by Gasteiger charge is -2.26. The molecule has 1 aliphatic rings. The first-order valence-corrected chi connectivity index (χ1v) is 9.75. The lowest BCUT2D eigenvalue weighted by molar-refractivity contribution is -0.122. The van der Waals surface area contributed by atoms with Crippen LogP contribution in [0.2, 0.25) is 0 Å². The van der Waals surface area contributed by atoms with Crippen LogP contribution < -0.4 is 5.73 Å². The molecule has 0 radical (unpaired) electrons. The second-order valence-corrected chi connectivity index (χ2v) is 6.90. The fraction of sp³-hybridized carbons (Fsp3) is 0.905. The van der Waals surface area contributed by atoms with Crippen molar-refractivity contribution in [2.45, 2.75) is 107 Å². The predicted molar refractivity (Wildman–Crippen MR) is 109 cm³/mol. The summed E-state index contributed by atoms with van der Waals surface area (Å²) in [5.41, 5.74) is 4.54. The highest BCUT2D eigenvalue weighted by molar-refractivity contribution is 5.80. The van der Waals surface area contributed by atoms with E-state index in [1.54, 1.807) is 13.8 Å². The Morgan fingerprint density at radius 3 is 1.25 bits per heavy atom. The lowest BCUT2D eigenvalue weighted by atomic mass is 9.77. The summed E-state index contributed by atoms with van der Waals surface area (Å²) in [6.07, 6.45) is 6.94. The molecule has 2 N–H and O–H groups in total. The summed E-state index contributed by atoms with van der Waals surface area (Å²) in [6.45, 7) is 18.0. The molecule has 24 heavy (non-hydrogen) atoms. The summed E-state index contributed by atoms with van der Waals surface area (Å²) in [6, 6.07) is 0. The molecule has 0 bridgehead atoms. The average molecular weight is 346 g/mol. The van der Waals surface area contributed by atoms with Gasteiger partial charge in [0.1, 0.15) is 11.6 Å². The van der Waals surface area contributed by atoms with E-state index >= 15 is 0 Å². The Hall–Kier alpha value is -0.700. The van der Waals surface area contributed by atoms with E-state index < -0.39 is 0 Å². The second-order valence-electron chi connectivity index (χ2n) is 6.90. The standard InChI is InChI=1S/C11H18O2.C4H10.C3H8.C2H6.CH5N/c1-9(12)7-11(8-10(2)13)5-3-4-6-11;1-4(2)3;1-3-2;2*1-2/h3-8H2,1-2H3;4H,1-3H3;3H2,1-2H3;1-2H3;2H2,1H3. The number of Topliss-reactive ketones (excluding diaryl/α,β-unsaturated/α-hetero) is 2. The fourth-order valence-electron chi connectivity index (χ4n) is 2.60. The number of hydrogen-bond acceptors (Lipinski definition) is 3. The van der Waals surface area contributed by atoms with Gasteiger partial charge in [-0.1, -0.05) is 67.7 Å². The molecule has 0 heterocycles. The summed E-state index contributed by atoms with van der Waals surface area (Å²) in [4.78, 5) is 22.2. The van der Waals surface area contributed by atoms with E-state index in [1.807, 2.05) is 13.8 Å². The van der Waals surface area contributed by atoms with Gasteiger partial charge in [-0.25, -0.2) is 0 Å². The van der Waals surface area contributed by atoms with Crippen LogP contribution in [0.3, 0.4) is 0 Å². The van der Waals surface area contributed by atoms with Crippen molar-refractivity contribution in [1.29, 1.82) is 0 Å². The van der Waals surface area contributed by atoms with Gasteiger partial charge in [-0.3, -0.25) is 0 Å². The molecule has 3 heteroatoms. The quantitative estimate of drug-likeness (QED) is 0.661. The molecular weight excluding hydrogens is 298 g/mol. The summed E-state index contributed by atoms with van der Waals surface area (Å²) < 4.78 is 0. The third kappa shape index (κ3) is 26.2. The van der Waals surface area contributed by atoms with E-state index in [0.717, 1.165) is 18.8 Å². The molecule has 0 aromatic carbocycles. The Morgan fingerprint density at radius 2 is 1.08 bits per heavy atom. The minimum absolute atomic E-state index is 0.0394. The van der Waals surface area contributed by atoms with Crippen LogP contribution in [0.4, 0.5) is 0 Å². The summed E-state index contributed by atoms with van der Waals surface area (Å²) in [7, 11) is 1.50. The Kier molecular flexibility index (Phi) is 28.9. The molecule has 1 rings (SSSR count). The zero-order valence-corrected chi connectivity index (χ0v) is 18.4. The maximum atomic E-state index is 11.1. The number of ketones is 2. The number of carbonyl (C=O) groups excluding carboxylic acids is 2. The van der Waals surface area contributed by atoms with Crippen molar-refractivity contribution in [2.75, 3.05) is 7.05 Å². The van der Waals surface area contributed by atoms with Crippen LogP contribution in [0.1, 0.15) is 107 Å². The monoisotopic (exact) mass is 345 g/mol. The van der Waals surface area contributed by atoms with E-state index in [1.165, 1.54) is 26.3 Å². The Morgan fingerprint density at radius 1 is 0.875 bits per heavy atom. The first kappa shape index (κ1) is 31.1. The van der Waals surface area contributed by atoms with Crippen molar-refractivity contribution in [2.24, 2.45) is 17.1 Å². The van der Waals surface area contributed by atoms with Crippen LogP contribution in [0.5, 0.6) is 0 Å². The molecule has 3 nitrogen and oxygen atoms in total. The molecular formula is C21H47NO2. The van der Waals surface area contributed by atoms with Gasteiger partial charge >= 0.3 is 0 Å². The van der Waals surface area contributed by atoms with Crippen molar-refractivity contribution in [3.8, 4) is 0 Å². The summed E-state index contributed by atoms with van der Waals surface area (Å²) in [5.74, 6) is 1.28. The highest BCUT2D eigenvalue weighted by Gasteiger charge is 2.35. The van der Waals surface area contributed by atoms with Crippen molar-refractivity contribution in [3.05, 3.63) is 0 Å². The molecule has 148 valence electrons. The van der Waals surface area contributed by atoms with Crippen LogP contribution >= 0.6 is 0 Å². The summed E-state index contributed by atoms with van der Waals surface area (Å²) >= 11 is 0. The van der Waals surface area contributed by atoms with Crippen molar-refractivity contribution < 1.29 is 9.59 Å². The molecule has 0 aliphatic heterocycles. The van der Waals surface area contributed by atoms with Gasteiger partial charge in [0.15, 0.2) is 0 Å². The third-order valence-corrected chi connectivity index (χ3v) is 2.91. The highest BCUT2D eigenvalue weighted by Crippen LogP contribution is 2.44. The van der Waals surface area contributed by atoms with Crippen LogP contribution in [-0.4, -0.2) is 18.6 Å². The van der Waals surface area contributed by atoms with E-state index in [0.29, 0.717) is 12.8 Å². The molecule has 1 fully saturated rings. The highest BCUT2D eigenvalue weighted by atomic mass is 16.1. The lowest BCUT2D eigenvalue weighted by Crippen LogP contribution is -2.22. The van der Waals surface area contributed by atoms with Gasteiger partial charge in [0, 0.05) is 12.8 Å². The number of rotatable bonds is 4. The second kappa shape index (κ2) is 22.3. The zero-order chi connectivity index (χ0) is 20.2. The van der Waals surface area contributed by atoms with Crippen molar-refractivity contribution >= 4 is 11.6 Å². The normalized spacial score (nSPS) is 13.7. The van der Waals surface area contributed by atoms with Crippen LogP contribution in [0.15, 0.2) is 0 Å². The van der Waals surface area contributed by atoms with Crippen LogP contribution in [-0.2, 0) is 9.59 Å². The summed E-state index contributed by atoms with van der Waals surface area (Å²) in [5, 5.41) is 0. The zero-order valence-electron chi connectivity index (χ0n) is 18.4. The van der Waals surface area contributed by atoms with Gasteiger partial charge in [0.2, 0.25) is 0 Å². The van der Waals surface area contributed by atoms with E-state index in [2.05, 4.69) is 40.4 Å². The Balaban J connectivity index is -0.000000152. The van der Waals surface area contributed by atoms with E-state index in [-0.39, 0.29) is 17.0 Å². The Labute approximate surface area is 153 Å². The molecule has 0 spiro atoms. The minimum atomic E-state index is 0.0394. The van der Waals surface area contributed by atoms with Gasteiger partial charge in [-0.15, -0.1) is 0 Å². The first-order chi connectivity index (χ1) is 11.2. The third-order valence-electron chi connectivity index (χ3n) is 2.91. The van der Waals surface area contributed by atoms with E-state index in [9.17, 15) is 9.59 Å². The van der Waals surface area contributed by atoms with Crippen molar-refractivity contribution in [3.63, 3.8) is 0 Å². The van der Waals surface area contributed by atoms with Crippen molar-refractivity contribution in [1.82, 2.24) is 0 Å². The Bertz CT molecular complexity index is 246. The first-order valence-electron chi connectivity index (χ1n) is 9.75. The fourth-order valence-corrected chi connectivity index (χ4v) is 2.60. The topological polar surface area (TPSA) is 60.2 Å². The SMILES string of the molecule is CC.CC(=O)CC1(CC(C)=O)CCCC1.CC(C)C.CCC.CN. The maximum absolute atomic E-state index is 11.1. The van der Waals surface area contributed by atoms with Gasteiger partial charge in [0.25, 0.3) is 0 Å². The van der Waals surface area contributed by atoms with Gasteiger partial charge < -0.3 is 15.3 Å². The van der Waals surface area contributed by atoms with E-state index in [4.69, 9.17) is 0 Å². The molecule has 1 saturated carbocycles. The molecule has 0 saturated heterocycles. The molecule has 1 aliphatic carbocycles. The molecule has 0 atom stereocenters. The molecule has 0 amide bonds. The largest absolute Gasteiger partial charge is 0.333 e. The van der Waals surface area contributed by atoms with Gasteiger partial charge in [0.05, 0.1) is 0 Å². The molecule has 0 aromatic rings. The maximum Gasteiger partial charge on any atom is 0.130 e. The number of hydrogen-bond donors (Lipinski definition) is 1. The molecule has 0 unspecified atom stereocenters. The number of nitrogens with two attached hydrogens (primary N) is 1. The number of carbonyl (C=O) groups is 2. The smallest absolute Gasteiger partial charge is 0.130 e. The predicted octanol–water partition coefficient (Wildman–Crippen LogP) is 6.18.